The first kappa shape index (κ1) is 11.8. The Morgan fingerprint density at radius 1 is 1.14 bits per heavy atom. The van der Waals surface area contributed by atoms with Crippen molar-refractivity contribution in [1.29, 1.82) is 0 Å². The van der Waals surface area contributed by atoms with E-state index in [0.29, 0.717) is 0 Å². The third kappa shape index (κ3) is 1.90. The van der Waals surface area contributed by atoms with Crippen molar-refractivity contribution in [2.45, 2.75) is 6.92 Å². The first-order chi connectivity index (χ1) is 10.3. The summed E-state index contributed by atoms with van der Waals surface area (Å²) in [6.07, 6.45) is 7.37. The fraction of sp³-hybridized carbons (Fsp3) is 0.0625. The molecule has 0 aliphatic heterocycles. The van der Waals surface area contributed by atoms with Crippen LogP contribution in [0.25, 0.3) is 28.6 Å². The highest BCUT2D eigenvalue weighted by molar-refractivity contribution is 5.81. The maximum Gasteiger partial charge on any atom is 0.237 e. The minimum Gasteiger partial charge on any atom is -0.265 e. The van der Waals surface area contributed by atoms with E-state index in [-0.39, 0.29) is 0 Å². The summed E-state index contributed by atoms with van der Waals surface area (Å²) >= 11 is 0. The van der Waals surface area contributed by atoms with Gasteiger partial charge in [0, 0.05) is 18.6 Å². The zero-order chi connectivity index (χ0) is 14.2. The van der Waals surface area contributed by atoms with E-state index in [9.17, 15) is 0 Å². The van der Waals surface area contributed by atoms with Crippen molar-refractivity contribution in [2.75, 3.05) is 0 Å². The number of pyridine rings is 1. The van der Waals surface area contributed by atoms with E-state index in [0.717, 1.165) is 27.9 Å². The highest BCUT2D eigenvalue weighted by Gasteiger charge is 2.08. The van der Waals surface area contributed by atoms with Crippen LogP contribution in [-0.2, 0) is 0 Å². The molecule has 1 aromatic carbocycles. The summed E-state index contributed by atoms with van der Waals surface area (Å²) in [4.78, 5) is 8.77. The van der Waals surface area contributed by atoms with E-state index in [2.05, 4.69) is 15.1 Å². The molecule has 0 aliphatic rings. The van der Waals surface area contributed by atoms with Crippen LogP contribution in [0.1, 0.15) is 12.5 Å². The number of allylic oxidation sites excluding steroid dienone is 1. The molecule has 0 N–H and O–H groups in total. The summed E-state index contributed by atoms with van der Waals surface area (Å²) in [6.45, 7) is 2.04. The van der Waals surface area contributed by atoms with Gasteiger partial charge in [0.05, 0.1) is 11.0 Å². The monoisotopic (exact) mass is 275 g/mol. The number of aromatic nitrogens is 5. The number of benzene rings is 1. The number of hydrogen-bond acceptors (Lipinski definition) is 3. The summed E-state index contributed by atoms with van der Waals surface area (Å²) in [5.74, 6) is 0.805. The molecular formula is C16H13N5. The number of hydrogen-bond donors (Lipinski definition) is 0. The fourth-order valence-electron chi connectivity index (χ4n) is 2.41. The number of imidazole rings is 1. The lowest BCUT2D eigenvalue weighted by Crippen LogP contribution is -1.92. The molecule has 5 nitrogen and oxygen atoms in total. The van der Waals surface area contributed by atoms with E-state index in [1.807, 2.05) is 60.1 Å². The average molecular weight is 275 g/mol. The van der Waals surface area contributed by atoms with Crippen LogP contribution >= 0.6 is 0 Å². The zero-order valence-electron chi connectivity index (χ0n) is 11.5. The third-order valence-electron chi connectivity index (χ3n) is 3.51. The molecule has 4 aromatic rings. The maximum absolute atomic E-state index is 4.63. The molecule has 102 valence electrons. The molecule has 3 aromatic heterocycles. The summed E-state index contributed by atoms with van der Waals surface area (Å²) in [5.41, 5.74) is 4.19. The second-order valence-electron chi connectivity index (χ2n) is 4.90. The largest absolute Gasteiger partial charge is 0.265 e. The van der Waals surface area contributed by atoms with Gasteiger partial charge < -0.3 is 0 Å². The molecule has 21 heavy (non-hydrogen) atoms. The van der Waals surface area contributed by atoms with Gasteiger partial charge in [-0.05, 0) is 36.3 Å². The number of para-hydroxylation sites is 2. The number of rotatable bonds is 2. The molecule has 5 heteroatoms. The van der Waals surface area contributed by atoms with Gasteiger partial charge in [-0.1, -0.05) is 18.2 Å². The lowest BCUT2D eigenvalue weighted by atomic mass is 10.1. The molecule has 0 aliphatic carbocycles. The van der Waals surface area contributed by atoms with Crippen molar-refractivity contribution >= 4 is 28.6 Å². The quantitative estimate of drug-likeness (QED) is 0.565. The highest BCUT2D eigenvalue weighted by Crippen LogP contribution is 2.18. The summed E-state index contributed by atoms with van der Waals surface area (Å²) in [5, 5.41) is 4.39. The van der Waals surface area contributed by atoms with Crippen LogP contribution in [0.4, 0.5) is 0 Å². The van der Waals surface area contributed by atoms with E-state index in [1.165, 1.54) is 0 Å². The Bertz CT molecular complexity index is 947. The maximum atomic E-state index is 4.63. The number of fused-ring (bicyclic) bond motifs is 3. The Labute approximate surface area is 121 Å². The lowest BCUT2D eigenvalue weighted by Gasteiger charge is -2.00. The summed E-state index contributed by atoms with van der Waals surface area (Å²) in [6, 6.07) is 12.0. The van der Waals surface area contributed by atoms with E-state index in [1.54, 1.807) is 17.2 Å². The molecule has 0 bridgehead atoms. The van der Waals surface area contributed by atoms with Gasteiger partial charge in [0.25, 0.3) is 0 Å². The second kappa shape index (κ2) is 4.56. The molecule has 0 spiro atoms. The average Bonchev–Trinajstić information content (AvgIpc) is 3.08. The molecule has 0 amide bonds. The van der Waals surface area contributed by atoms with Gasteiger partial charge in [-0.2, -0.15) is 5.10 Å². The molecule has 0 radical (unpaired) electrons. The lowest BCUT2D eigenvalue weighted by molar-refractivity contribution is 0.953. The molecule has 0 saturated heterocycles. The van der Waals surface area contributed by atoms with E-state index in [4.69, 9.17) is 0 Å². The topological polar surface area (TPSA) is 48.0 Å². The minimum atomic E-state index is 0.805. The first-order valence-electron chi connectivity index (χ1n) is 6.72. The van der Waals surface area contributed by atoms with Crippen molar-refractivity contribution in [2.24, 2.45) is 0 Å². The minimum absolute atomic E-state index is 0.805. The van der Waals surface area contributed by atoms with Gasteiger partial charge in [0.15, 0.2) is 0 Å². The molecule has 0 saturated carbocycles. The van der Waals surface area contributed by atoms with Crippen LogP contribution in [0.3, 0.4) is 0 Å². The normalized spacial score (nSPS) is 12.3. The van der Waals surface area contributed by atoms with Gasteiger partial charge in [0.2, 0.25) is 5.78 Å². The molecular weight excluding hydrogens is 262 g/mol. The first-order valence-corrected chi connectivity index (χ1v) is 6.72. The SMILES string of the molecule is CC(=Cn1ncn2c3ccccc3nc12)c1cccnc1. The third-order valence-corrected chi connectivity index (χ3v) is 3.51. The van der Waals surface area contributed by atoms with Gasteiger partial charge in [0.1, 0.15) is 6.33 Å². The predicted octanol–water partition coefficient (Wildman–Crippen LogP) is 3.10. The molecule has 0 atom stereocenters. The summed E-state index contributed by atoms with van der Waals surface area (Å²) in [7, 11) is 0. The Kier molecular flexibility index (Phi) is 2.57. The molecule has 0 fully saturated rings. The predicted molar refractivity (Wildman–Crippen MR) is 82.6 cm³/mol. The van der Waals surface area contributed by atoms with Gasteiger partial charge in [-0.25, -0.2) is 9.67 Å². The van der Waals surface area contributed by atoms with Crippen LogP contribution < -0.4 is 0 Å². The zero-order valence-corrected chi connectivity index (χ0v) is 11.5. The van der Waals surface area contributed by atoms with E-state index < -0.39 is 0 Å². The van der Waals surface area contributed by atoms with Crippen molar-refractivity contribution < 1.29 is 0 Å². The Morgan fingerprint density at radius 2 is 2.05 bits per heavy atom. The summed E-state index contributed by atoms with van der Waals surface area (Å²) < 4.78 is 3.78. The van der Waals surface area contributed by atoms with Crippen LogP contribution in [0.15, 0.2) is 55.1 Å². The Hall–Kier alpha value is -2.95. The van der Waals surface area contributed by atoms with Crippen LogP contribution in [-0.4, -0.2) is 24.1 Å². The van der Waals surface area contributed by atoms with Crippen molar-refractivity contribution in [3.63, 3.8) is 0 Å². The van der Waals surface area contributed by atoms with Crippen molar-refractivity contribution in [3.05, 3.63) is 60.7 Å². The Morgan fingerprint density at radius 3 is 2.90 bits per heavy atom. The molecule has 0 unspecified atom stereocenters. The fourth-order valence-corrected chi connectivity index (χ4v) is 2.41. The van der Waals surface area contributed by atoms with Gasteiger partial charge >= 0.3 is 0 Å². The van der Waals surface area contributed by atoms with Crippen LogP contribution in [0.2, 0.25) is 0 Å². The van der Waals surface area contributed by atoms with E-state index >= 15 is 0 Å². The smallest absolute Gasteiger partial charge is 0.237 e. The highest BCUT2D eigenvalue weighted by atomic mass is 15.4. The van der Waals surface area contributed by atoms with Gasteiger partial charge in [-0.3, -0.25) is 9.38 Å². The van der Waals surface area contributed by atoms with Crippen molar-refractivity contribution in [3.8, 4) is 0 Å². The Balaban J connectivity index is 1.87. The van der Waals surface area contributed by atoms with Crippen molar-refractivity contribution in [1.82, 2.24) is 24.1 Å². The molecule has 4 rings (SSSR count). The standard InChI is InChI=1S/C16H13N5/c1-12(13-5-4-8-17-9-13)10-21-16-19-14-6-2-3-7-15(14)20(16)11-18-21/h2-11H,1H3. The molecule has 3 heterocycles. The van der Waals surface area contributed by atoms with Crippen LogP contribution in [0.5, 0.6) is 0 Å². The van der Waals surface area contributed by atoms with Gasteiger partial charge in [-0.15, -0.1) is 0 Å². The van der Waals surface area contributed by atoms with Crippen LogP contribution in [0, 0.1) is 0 Å². The number of nitrogens with zero attached hydrogens (tertiary/aromatic N) is 5. The second-order valence-corrected chi connectivity index (χ2v) is 4.90.